The fourth-order valence-corrected chi connectivity index (χ4v) is 4.56. The highest BCUT2D eigenvalue weighted by Crippen LogP contribution is 2.23. The third-order valence-corrected chi connectivity index (χ3v) is 6.17. The van der Waals surface area contributed by atoms with Crippen molar-refractivity contribution >= 4 is 39.7 Å². The molecule has 0 aliphatic carbocycles. The molecule has 1 amide bonds. The number of thiazole rings is 1. The standard InChI is InChI=1S/C22H23ClN4O2S/c23-17-3-1-2-16(12-17)13-20-14-24-22(30-20)25-21(29)15-26-8-10-27(11-9-26)18-4-6-19(28)7-5-18/h1-7,12,14,28H,8-11,13,15H2,(H,24,25,29). The number of rotatable bonds is 6. The van der Waals surface area contributed by atoms with Gasteiger partial charge in [-0.1, -0.05) is 23.7 Å². The molecule has 0 bridgehead atoms. The minimum absolute atomic E-state index is 0.0447. The molecule has 1 fully saturated rings. The number of hydrogen-bond donors (Lipinski definition) is 2. The first kappa shape index (κ1) is 20.7. The van der Waals surface area contributed by atoms with E-state index in [1.807, 2.05) is 36.4 Å². The highest BCUT2D eigenvalue weighted by Gasteiger charge is 2.19. The summed E-state index contributed by atoms with van der Waals surface area (Å²) in [6.07, 6.45) is 2.55. The van der Waals surface area contributed by atoms with Gasteiger partial charge in [0, 0.05) is 54.4 Å². The molecule has 30 heavy (non-hydrogen) atoms. The Morgan fingerprint density at radius 3 is 2.63 bits per heavy atom. The molecule has 2 heterocycles. The lowest BCUT2D eigenvalue weighted by Gasteiger charge is -2.35. The van der Waals surface area contributed by atoms with Gasteiger partial charge < -0.3 is 15.3 Å². The van der Waals surface area contributed by atoms with Gasteiger partial charge in [0.15, 0.2) is 5.13 Å². The van der Waals surface area contributed by atoms with Crippen LogP contribution in [0.4, 0.5) is 10.8 Å². The molecule has 1 aliphatic rings. The highest BCUT2D eigenvalue weighted by atomic mass is 35.5. The van der Waals surface area contributed by atoms with E-state index in [1.165, 1.54) is 11.3 Å². The molecular weight excluding hydrogens is 420 g/mol. The Morgan fingerprint density at radius 1 is 1.13 bits per heavy atom. The smallest absolute Gasteiger partial charge is 0.240 e. The summed E-state index contributed by atoms with van der Waals surface area (Å²) in [6.45, 7) is 3.67. The van der Waals surface area contributed by atoms with Crippen molar-refractivity contribution in [2.75, 3.05) is 42.9 Å². The van der Waals surface area contributed by atoms with Crippen molar-refractivity contribution in [3.8, 4) is 5.75 Å². The number of nitrogens with one attached hydrogen (secondary N) is 1. The lowest BCUT2D eigenvalue weighted by Crippen LogP contribution is -2.48. The predicted octanol–water partition coefficient (Wildman–Crippen LogP) is 3.85. The van der Waals surface area contributed by atoms with Gasteiger partial charge in [0.05, 0.1) is 6.54 Å². The van der Waals surface area contributed by atoms with Crippen LogP contribution in [-0.4, -0.2) is 53.6 Å². The number of carbonyl (C=O) groups excluding carboxylic acids is 1. The second-order valence-electron chi connectivity index (χ2n) is 7.27. The number of anilines is 2. The minimum Gasteiger partial charge on any atom is -0.508 e. The number of halogens is 1. The van der Waals surface area contributed by atoms with E-state index in [1.54, 1.807) is 18.3 Å². The van der Waals surface area contributed by atoms with Gasteiger partial charge in [-0.2, -0.15) is 0 Å². The largest absolute Gasteiger partial charge is 0.508 e. The highest BCUT2D eigenvalue weighted by molar-refractivity contribution is 7.15. The Labute approximate surface area is 184 Å². The van der Waals surface area contributed by atoms with E-state index in [0.717, 1.165) is 53.8 Å². The van der Waals surface area contributed by atoms with Gasteiger partial charge in [-0.3, -0.25) is 9.69 Å². The number of nitrogens with zero attached hydrogens (tertiary/aromatic N) is 3. The van der Waals surface area contributed by atoms with Crippen molar-refractivity contribution in [1.82, 2.24) is 9.88 Å². The van der Waals surface area contributed by atoms with Crippen LogP contribution < -0.4 is 10.2 Å². The van der Waals surface area contributed by atoms with Crippen molar-refractivity contribution in [3.63, 3.8) is 0 Å². The Morgan fingerprint density at radius 2 is 1.90 bits per heavy atom. The van der Waals surface area contributed by atoms with E-state index in [-0.39, 0.29) is 11.7 Å². The van der Waals surface area contributed by atoms with Crippen LogP contribution in [0.2, 0.25) is 5.02 Å². The molecule has 1 saturated heterocycles. The van der Waals surface area contributed by atoms with E-state index < -0.39 is 0 Å². The maximum Gasteiger partial charge on any atom is 0.240 e. The van der Waals surface area contributed by atoms with Gasteiger partial charge in [0.1, 0.15) is 5.75 Å². The summed E-state index contributed by atoms with van der Waals surface area (Å²) in [7, 11) is 0. The third-order valence-electron chi connectivity index (χ3n) is 5.02. The summed E-state index contributed by atoms with van der Waals surface area (Å²) in [5, 5.41) is 13.7. The van der Waals surface area contributed by atoms with E-state index in [9.17, 15) is 9.90 Å². The van der Waals surface area contributed by atoms with Crippen LogP contribution >= 0.6 is 22.9 Å². The molecule has 2 aromatic carbocycles. The van der Waals surface area contributed by atoms with Crippen molar-refractivity contribution in [2.24, 2.45) is 0 Å². The molecule has 1 aromatic heterocycles. The molecule has 0 radical (unpaired) electrons. The van der Waals surface area contributed by atoms with Crippen LogP contribution in [0.3, 0.4) is 0 Å². The maximum absolute atomic E-state index is 12.4. The topological polar surface area (TPSA) is 68.7 Å². The van der Waals surface area contributed by atoms with Crippen molar-refractivity contribution in [2.45, 2.75) is 6.42 Å². The fourth-order valence-electron chi connectivity index (χ4n) is 3.48. The number of amides is 1. The van der Waals surface area contributed by atoms with Crippen LogP contribution in [-0.2, 0) is 11.2 Å². The SMILES string of the molecule is O=C(CN1CCN(c2ccc(O)cc2)CC1)Nc1ncc(Cc2cccc(Cl)c2)s1. The van der Waals surface area contributed by atoms with Gasteiger partial charge in [-0.25, -0.2) is 4.98 Å². The zero-order valence-electron chi connectivity index (χ0n) is 16.4. The van der Waals surface area contributed by atoms with Crippen LogP contribution in [0.25, 0.3) is 0 Å². The summed E-state index contributed by atoms with van der Waals surface area (Å²) in [6, 6.07) is 15.0. The zero-order valence-corrected chi connectivity index (χ0v) is 18.0. The first-order chi connectivity index (χ1) is 14.5. The van der Waals surface area contributed by atoms with E-state index in [0.29, 0.717) is 11.7 Å². The average molecular weight is 443 g/mol. The molecule has 0 saturated carbocycles. The fraction of sp³-hybridized carbons (Fsp3) is 0.273. The molecule has 4 rings (SSSR count). The summed E-state index contributed by atoms with van der Waals surface area (Å²) < 4.78 is 0. The average Bonchev–Trinajstić information content (AvgIpc) is 3.16. The lowest BCUT2D eigenvalue weighted by atomic mass is 10.1. The summed E-state index contributed by atoms with van der Waals surface area (Å²) in [4.78, 5) is 22.3. The summed E-state index contributed by atoms with van der Waals surface area (Å²) >= 11 is 7.53. The number of phenols is 1. The van der Waals surface area contributed by atoms with Gasteiger partial charge in [-0.05, 0) is 42.0 Å². The molecule has 2 N–H and O–H groups in total. The summed E-state index contributed by atoms with van der Waals surface area (Å²) in [5.41, 5.74) is 2.21. The molecule has 0 spiro atoms. The minimum atomic E-state index is -0.0447. The van der Waals surface area contributed by atoms with Gasteiger partial charge in [-0.15, -0.1) is 11.3 Å². The summed E-state index contributed by atoms with van der Waals surface area (Å²) in [5.74, 6) is 0.226. The van der Waals surface area contributed by atoms with E-state index in [4.69, 9.17) is 11.6 Å². The van der Waals surface area contributed by atoms with Crippen LogP contribution in [0.5, 0.6) is 5.75 Å². The molecule has 1 aliphatic heterocycles. The van der Waals surface area contributed by atoms with Crippen molar-refractivity contribution < 1.29 is 9.90 Å². The van der Waals surface area contributed by atoms with Gasteiger partial charge >= 0.3 is 0 Å². The molecular formula is C22H23ClN4O2S. The monoisotopic (exact) mass is 442 g/mol. The Hall–Kier alpha value is -2.61. The molecule has 3 aromatic rings. The molecule has 8 heteroatoms. The normalized spacial score (nSPS) is 14.6. The zero-order chi connectivity index (χ0) is 20.9. The van der Waals surface area contributed by atoms with Crippen LogP contribution in [0.15, 0.2) is 54.7 Å². The van der Waals surface area contributed by atoms with E-state index >= 15 is 0 Å². The number of hydrogen-bond acceptors (Lipinski definition) is 6. The number of phenolic OH excluding ortho intramolecular Hbond substituents is 1. The number of piperazine rings is 1. The first-order valence-corrected chi connectivity index (χ1v) is 11.0. The maximum atomic E-state index is 12.4. The molecule has 6 nitrogen and oxygen atoms in total. The number of aromatic hydroxyl groups is 1. The van der Waals surface area contributed by atoms with Gasteiger partial charge in [0.25, 0.3) is 0 Å². The quantitative estimate of drug-likeness (QED) is 0.606. The van der Waals surface area contributed by atoms with Crippen molar-refractivity contribution in [3.05, 3.63) is 70.2 Å². The molecule has 0 unspecified atom stereocenters. The van der Waals surface area contributed by atoms with E-state index in [2.05, 4.69) is 20.1 Å². The number of carbonyl (C=O) groups is 1. The lowest BCUT2D eigenvalue weighted by molar-refractivity contribution is -0.117. The van der Waals surface area contributed by atoms with Crippen LogP contribution in [0.1, 0.15) is 10.4 Å². The second-order valence-corrected chi connectivity index (χ2v) is 8.82. The van der Waals surface area contributed by atoms with Crippen molar-refractivity contribution in [1.29, 1.82) is 0 Å². The first-order valence-electron chi connectivity index (χ1n) is 9.80. The Bertz CT molecular complexity index is 1000. The second kappa shape index (κ2) is 9.47. The van der Waals surface area contributed by atoms with Crippen LogP contribution in [0, 0.1) is 0 Å². The Kier molecular flexibility index (Phi) is 6.52. The third kappa shape index (κ3) is 5.50. The number of aromatic nitrogens is 1. The van der Waals surface area contributed by atoms with Gasteiger partial charge in [0.2, 0.25) is 5.91 Å². The molecule has 0 atom stereocenters. The predicted molar refractivity (Wildman–Crippen MR) is 122 cm³/mol. The number of benzene rings is 2. The Balaban J connectivity index is 1.24. The molecule has 156 valence electrons.